The Hall–Kier alpha value is -0.570. The predicted octanol–water partition coefficient (Wildman–Crippen LogP) is 1.33. The van der Waals surface area contributed by atoms with Crippen LogP contribution in [0.1, 0.15) is 5.76 Å². The smallest absolute Gasteiger partial charge is 0.116 e. The molecule has 1 heterocycles. The van der Waals surface area contributed by atoms with Crippen molar-refractivity contribution in [3.63, 3.8) is 0 Å². The van der Waals surface area contributed by atoms with Crippen LogP contribution >= 0.6 is 0 Å². The van der Waals surface area contributed by atoms with E-state index in [-0.39, 0.29) is 0 Å². The van der Waals surface area contributed by atoms with E-state index in [2.05, 4.69) is 0 Å². The largest absolute Gasteiger partial charge is 0.468 e. The van der Waals surface area contributed by atoms with Crippen LogP contribution in [-0.2, 0) is 10.8 Å². The maximum absolute atomic E-state index is 10.8. The van der Waals surface area contributed by atoms with Crippen molar-refractivity contribution >= 4 is 10.8 Å². The molecule has 1 atom stereocenters. The molecule has 0 saturated heterocycles. The number of furan rings is 1. The van der Waals surface area contributed by atoms with Crippen LogP contribution in [0.5, 0.6) is 0 Å². The Bertz CT molecular complexity index is 227. The summed E-state index contributed by atoms with van der Waals surface area (Å²) in [6, 6.07) is 1.73. The zero-order valence-electron chi connectivity index (χ0n) is 5.38. The quantitative estimate of drug-likeness (QED) is 0.595. The van der Waals surface area contributed by atoms with E-state index in [9.17, 15) is 4.21 Å². The molecule has 2 nitrogen and oxygen atoms in total. The fourth-order valence-corrected chi connectivity index (χ4v) is 1.37. The minimum Gasteiger partial charge on any atom is -0.468 e. The van der Waals surface area contributed by atoms with Gasteiger partial charge in [-0.15, -0.1) is 0 Å². The second kappa shape index (κ2) is 2.35. The first-order valence-electron chi connectivity index (χ1n) is 2.59. The predicted molar refractivity (Wildman–Crippen MR) is 35.8 cm³/mol. The highest BCUT2D eigenvalue weighted by molar-refractivity contribution is 7.84. The van der Waals surface area contributed by atoms with Crippen LogP contribution < -0.4 is 0 Å². The number of rotatable bonds is 1. The van der Waals surface area contributed by atoms with Gasteiger partial charge >= 0.3 is 0 Å². The van der Waals surface area contributed by atoms with Gasteiger partial charge < -0.3 is 4.42 Å². The Balaban J connectivity index is 3.08. The highest BCUT2D eigenvalue weighted by Gasteiger charge is 2.02. The monoisotopic (exact) mass is 144 g/mol. The van der Waals surface area contributed by atoms with Gasteiger partial charge in [0.15, 0.2) is 0 Å². The van der Waals surface area contributed by atoms with Crippen LogP contribution in [0.4, 0.5) is 0 Å². The van der Waals surface area contributed by atoms with Gasteiger partial charge in [-0.25, -0.2) is 0 Å². The van der Waals surface area contributed by atoms with Crippen molar-refractivity contribution in [2.75, 3.05) is 6.26 Å². The molecule has 0 bridgehead atoms. The van der Waals surface area contributed by atoms with Gasteiger partial charge in [-0.1, -0.05) is 0 Å². The van der Waals surface area contributed by atoms with E-state index in [4.69, 9.17) is 4.42 Å². The molecule has 0 N–H and O–H groups in total. The number of aryl methyl sites for hydroxylation is 1. The summed E-state index contributed by atoms with van der Waals surface area (Å²) in [5.41, 5.74) is 0. The third-order valence-electron chi connectivity index (χ3n) is 1.12. The van der Waals surface area contributed by atoms with Crippen molar-refractivity contribution in [3.05, 3.63) is 18.1 Å². The molecule has 1 aromatic rings. The fourth-order valence-electron chi connectivity index (χ4n) is 0.672. The summed E-state index contributed by atoms with van der Waals surface area (Å²) in [5, 5.41) is 0. The van der Waals surface area contributed by atoms with Gasteiger partial charge in [-0.2, -0.15) is 0 Å². The Morgan fingerprint density at radius 3 is 2.56 bits per heavy atom. The molecule has 1 rings (SSSR count). The first kappa shape index (κ1) is 6.55. The second-order valence-corrected chi connectivity index (χ2v) is 3.14. The van der Waals surface area contributed by atoms with Gasteiger partial charge in [-0.05, 0) is 13.0 Å². The average Bonchev–Trinajstić information content (AvgIpc) is 2.13. The van der Waals surface area contributed by atoms with Crippen LogP contribution in [-0.4, -0.2) is 10.5 Å². The summed E-state index contributed by atoms with van der Waals surface area (Å²) in [4.78, 5) is 0.787. The van der Waals surface area contributed by atoms with Crippen molar-refractivity contribution in [2.24, 2.45) is 0 Å². The molecule has 3 heteroatoms. The Kier molecular flexibility index (Phi) is 1.71. The molecule has 0 saturated carbocycles. The third-order valence-corrected chi connectivity index (χ3v) is 2.16. The summed E-state index contributed by atoms with van der Waals surface area (Å²) in [6.45, 7) is 1.80. The van der Waals surface area contributed by atoms with E-state index in [0.29, 0.717) is 0 Å². The molecule has 1 aromatic heterocycles. The Morgan fingerprint density at radius 1 is 1.67 bits per heavy atom. The van der Waals surface area contributed by atoms with Crippen molar-refractivity contribution in [2.45, 2.75) is 11.8 Å². The van der Waals surface area contributed by atoms with E-state index < -0.39 is 10.8 Å². The first-order chi connectivity index (χ1) is 4.22. The molecular formula is C6H8O2S. The average molecular weight is 144 g/mol. The maximum atomic E-state index is 10.8. The summed E-state index contributed by atoms with van der Waals surface area (Å²) in [5.74, 6) is 0.746. The summed E-state index contributed by atoms with van der Waals surface area (Å²) in [7, 11) is -0.903. The molecule has 0 fully saturated rings. The van der Waals surface area contributed by atoms with Crippen LogP contribution in [0.2, 0.25) is 0 Å². The molecule has 9 heavy (non-hydrogen) atoms. The van der Waals surface area contributed by atoms with E-state index >= 15 is 0 Å². The minimum absolute atomic E-state index is 0.746. The van der Waals surface area contributed by atoms with Gasteiger partial charge in [0.2, 0.25) is 0 Å². The van der Waals surface area contributed by atoms with Crippen LogP contribution in [0.15, 0.2) is 21.6 Å². The number of hydrogen-bond donors (Lipinski definition) is 0. The van der Waals surface area contributed by atoms with E-state index in [1.165, 1.54) is 0 Å². The van der Waals surface area contributed by atoms with Crippen LogP contribution in [0.3, 0.4) is 0 Å². The van der Waals surface area contributed by atoms with Gasteiger partial charge in [-0.3, -0.25) is 4.21 Å². The lowest BCUT2D eigenvalue weighted by Gasteiger charge is -1.87. The van der Waals surface area contributed by atoms with Crippen LogP contribution in [0, 0.1) is 6.92 Å². The highest BCUT2D eigenvalue weighted by Crippen LogP contribution is 2.11. The van der Waals surface area contributed by atoms with E-state index in [0.717, 1.165) is 10.7 Å². The van der Waals surface area contributed by atoms with Crippen LogP contribution in [0.25, 0.3) is 0 Å². The van der Waals surface area contributed by atoms with Crippen molar-refractivity contribution < 1.29 is 8.63 Å². The molecular weight excluding hydrogens is 136 g/mol. The normalized spacial score (nSPS) is 13.6. The molecule has 0 aromatic carbocycles. The molecule has 0 spiro atoms. The Morgan fingerprint density at radius 2 is 2.33 bits per heavy atom. The third kappa shape index (κ3) is 1.21. The lowest BCUT2D eigenvalue weighted by molar-refractivity contribution is 0.526. The second-order valence-electron chi connectivity index (χ2n) is 1.80. The van der Waals surface area contributed by atoms with Gasteiger partial charge in [0.05, 0.1) is 22.0 Å². The SMILES string of the molecule is Cc1occc1S(C)=O. The van der Waals surface area contributed by atoms with Crippen molar-refractivity contribution in [1.29, 1.82) is 0 Å². The van der Waals surface area contributed by atoms with E-state index in [1.54, 1.807) is 25.5 Å². The fraction of sp³-hybridized carbons (Fsp3) is 0.333. The molecule has 50 valence electrons. The zero-order valence-corrected chi connectivity index (χ0v) is 6.20. The lowest BCUT2D eigenvalue weighted by atomic mass is 10.5. The highest BCUT2D eigenvalue weighted by atomic mass is 32.2. The summed E-state index contributed by atoms with van der Waals surface area (Å²) >= 11 is 0. The topological polar surface area (TPSA) is 30.2 Å². The molecule has 1 unspecified atom stereocenters. The lowest BCUT2D eigenvalue weighted by Crippen LogP contribution is -1.84. The van der Waals surface area contributed by atoms with Crippen molar-refractivity contribution in [3.8, 4) is 0 Å². The summed E-state index contributed by atoms with van der Waals surface area (Å²) in [6.07, 6.45) is 3.18. The first-order valence-corrected chi connectivity index (χ1v) is 4.15. The summed E-state index contributed by atoms with van der Waals surface area (Å²) < 4.78 is 15.7. The Labute approximate surface area is 56.3 Å². The molecule has 0 aliphatic heterocycles. The van der Waals surface area contributed by atoms with E-state index in [1.807, 2.05) is 0 Å². The maximum Gasteiger partial charge on any atom is 0.116 e. The van der Waals surface area contributed by atoms with Gasteiger partial charge in [0.1, 0.15) is 5.76 Å². The minimum atomic E-state index is -0.903. The molecule has 0 amide bonds. The van der Waals surface area contributed by atoms with Gasteiger partial charge in [0, 0.05) is 6.26 Å². The number of hydrogen-bond acceptors (Lipinski definition) is 2. The van der Waals surface area contributed by atoms with Gasteiger partial charge in [0.25, 0.3) is 0 Å². The van der Waals surface area contributed by atoms with Crippen molar-refractivity contribution in [1.82, 2.24) is 0 Å². The zero-order chi connectivity index (χ0) is 6.85. The molecule has 0 aliphatic rings. The molecule has 0 radical (unpaired) electrons. The standard InChI is InChI=1S/C6H8O2S/c1-5-6(9(2)7)3-4-8-5/h3-4H,1-2H3. The molecule has 0 aliphatic carbocycles.